The van der Waals surface area contributed by atoms with Crippen LogP contribution < -0.4 is 11.2 Å². The smallest absolute Gasteiger partial charge is 0.342 e. The maximum absolute atomic E-state index is 11.8. The molecular weight excluding hydrogens is 236 g/mol. The number of hydrogen-bond acceptors (Lipinski definition) is 3. The molecule has 98 valence electrons. The highest BCUT2D eigenvalue weighted by Gasteiger charge is 2.25. The first-order chi connectivity index (χ1) is 8.50. The quantitative estimate of drug-likeness (QED) is 0.820. The van der Waals surface area contributed by atoms with E-state index in [1.165, 1.54) is 10.8 Å². The molecule has 2 atom stereocenters. The number of rotatable bonds is 2. The normalized spacial score (nSPS) is 23.8. The van der Waals surface area contributed by atoms with Crippen molar-refractivity contribution in [2.45, 2.75) is 38.6 Å². The van der Waals surface area contributed by atoms with Crippen LogP contribution in [0, 0.1) is 5.92 Å². The number of carboxylic acids is 1. The fourth-order valence-corrected chi connectivity index (χ4v) is 2.59. The molecule has 2 N–H and O–H groups in total. The minimum Gasteiger partial charge on any atom is -0.477 e. The number of carboxylic acid groups (broad SMARTS) is 1. The molecule has 2 unspecified atom stereocenters. The van der Waals surface area contributed by atoms with Crippen LogP contribution in [-0.4, -0.2) is 20.6 Å². The standard InChI is InChI=1S/C12H16N2O4/c1-7-4-2-3-5-9(7)14-6-8(11(16)17)10(15)13-12(14)18/h6-7,9H,2-5H2,1H3,(H,16,17)(H,13,15,18). The van der Waals surface area contributed by atoms with Gasteiger partial charge in [-0.25, -0.2) is 9.59 Å². The van der Waals surface area contributed by atoms with Crippen molar-refractivity contribution in [1.29, 1.82) is 0 Å². The minimum absolute atomic E-state index is 0.0267. The molecule has 0 amide bonds. The van der Waals surface area contributed by atoms with Gasteiger partial charge in [-0.3, -0.25) is 14.3 Å². The minimum atomic E-state index is -1.31. The summed E-state index contributed by atoms with van der Waals surface area (Å²) in [4.78, 5) is 36.1. The Morgan fingerprint density at radius 2 is 2.06 bits per heavy atom. The maximum atomic E-state index is 11.8. The molecule has 0 saturated heterocycles. The summed E-state index contributed by atoms with van der Waals surface area (Å²) in [6.45, 7) is 2.04. The van der Waals surface area contributed by atoms with E-state index in [1.54, 1.807) is 0 Å². The van der Waals surface area contributed by atoms with Gasteiger partial charge in [-0.2, -0.15) is 0 Å². The van der Waals surface area contributed by atoms with Gasteiger partial charge in [0.1, 0.15) is 5.56 Å². The van der Waals surface area contributed by atoms with Crippen LogP contribution in [0.2, 0.25) is 0 Å². The fraction of sp³-hybridized carbons (Fsp3) is 0.583. The van der Waals surface area contributed by atoms with Gasteiger partial charge in [0.05, 0.1) is 0 Å². The zero-order valence-electron chi connectivity index (χ0n) is 10.2. The monoisotopic (exact) mass is 252 g/mol. The number of aromatic amines is 1. The molecule has 1 fully saturated rings. The molecule has 6 heteroatoms. The van der Waals surface area contributed by atoms with Crippen molar-refractivity contribution in [2.75, 3.05) is 0 Å². The summed E-state index contributed by atoms with van der Waals surface area (Å²) in [7, 11) is 0. The summed E-state index contributed by atoms with van der Waals surface area (Å²) in [5, 5.41) is 8.91. The Hall–Kier alpha value is -1.85. The van der Waals surface area contributed by atoms with Gasteiger partial charge in [-0.1, -0.05) is 19.8 Å². The van der Waals surface area contributed by atoms with E-state index in [2.05, 4.69) is 4.98 Å². The molecule has 0 bridgehead atoms. The Labute approximate surface area is 103 Å². The third-order valence-electron chi connectivity index (χ3n) is 3.62. The van der Waals surface area contributed by atoms with Crippen LogP contribution in [0.5, 0.6) is 0 Å². The molecule has 1 heterocycles. The summed E-state index contributed by atoms with van der Waals surface area (Å²) >= 11 is 0. The van der Waals surface area contributed by atoms with E-state index >= 15 is 0 Å². The summed E-state index contributed by atoms with van der Waals surface area (Å²) in [5.41, 5.74) is -1.75. The Balaban J connectivity index is 2.50. The van der Waals surface area contributed by atoms with Crippen LogP contribution in [0.25, 0.3) is 0 Å². The first-order valence-electron chi connectivity index (χ1n) is 6.09. The summed E-state index contributed by atoms with van der Waals surface area (Å²) in [6, 6.07) is -0.0267. The third kappa shape index (κ3) is 2.23. The van der Waals surface area contributed by atoms with Gasteiger partial charge >= 0.3 is 11.7 Å². The van der Waals surface area contributed by atoms with Crippen LogP contribution in [0.15, 0.2) is 15.8 Å². The predicted molar refractivity (Wildman–Crippen MR) is 65.0 cm³/mol. The lowest BCUT2D eigenvalue weighted by molar-refractivity contribution is 0.0693. The van der Waals surface area contributed by atoms with Crippen LogP contribution in [-0.2, 0) is 0 Å². The first kappa shape index (κ1) is 12.6. The van der Waals surface area contributed by atoms with Gasteiger partial charge in [0.25, 0.3) is 5.56 Å². The lowest BCUT2D eigenvalue weighted by Gasteiger charge is -2.30. The molecule has 0 aliphatic heterocycles. The molecule has 0 spiro atoms. The number of nitrogens with zero attached hydrogens (tertiary/aromatic N) is 1. The topological polar surface area (TPSA) is 92.2 Å². The lowest BCUT2D eigenvalue weighted by atomic mass is 9.86. The number of aromatic nitrogens is 2. The van der Waals surface area contributed by atoms with Crippen molar-refractivity contribution in [2.24, 2.45) is 5.92 Å². The second-order valence-electron chi connectivity index (χ2n) is 4.84. The van der Waals surface area contributed by atoms with Crippen LogP contribution in [0.1, 0.15) is 49.0 Å². The molecule has 1 aliphatic carbocycles. The highest BCUT2D eigenvalue weighted by molar-refractivity contribution is 5.86. The largest absolute Gasteiger partial charge is 0.477 e. The molecule has 0 radical (unpaired) electrons. The molecule has 2 rings (SSSR count). The highest BCUT2D eigenvalue weighted by Crippen LogP contribution is 2.32. The number of H-pyrrole nitrogens is 1. The molecule has 18 heavy (non-hydrogen) atoms. The van der Waals surface area contributed by atoms with E-state index in [9.17, 15) is 14.4 Å². The molecule has 1 aromatic rings. The van der Waals surface area contributed by atoms with Gasteiger partial charge in [-0.15, -0.1) is 0 Å². The Bertz CT molecular complexity index is 572. The van der Waals surface area contributed by atoms with Gasteiger partial charge < -0.3 is 5.11 Å². The number of aromatic carboxylic acids is 1. The average molecular weight is 252 g/mol. The first-order valence-corrected chi connectivity index (χ1v) is 6.09. The van der Waals surface area contributed by atoms with Gasteiger partial charge in [0, 0.05) is 12.2 Å². The third-order valence-corrected chi connectivity index (χ3v) is 3.62. The second-order valence-corrected chi connectivity index (χ2v) is 4.84. The van der Waals surface area contributed by atoms with Crippen molar-refractivity contribution >= 4 is 5.97 Å². The lowest BCUT2D eigenvalue weighted by Crippen LogP contribution is -2.37. The number of carbonyl (C=O) groups is 1. The van der Waals surface area contributed by atoms with Gasteiger partial charge in [-0.05, 0) is 18.8 Å². The Morgan fingerprint density at radius 1 is 1.39 bits per heavy atom. The van der Waals surface area contributed by atoms with Crippen LogP contribution in [0.3, 0.4) is 0 Å². The molecule has 1 aliphatic rings. The molecule has 1 aromatic heterocycles. The van der Waals surface area contributed by atoms with E-state index in [1.807, 2.05) is 6.92 Å². The fourth-order valence-electron chi connectivity index (χ4n) is 2.59. The van der Waals surface area contributed by atoms with Gasteiger partial charge in [0.15, 0.2) is 0 Å². The Morgan fingerprint density at radius 3 is 2.67 bits per heavy atom. The van der Waals surface area contributed by atoms with E-state index in [-0.39, 0.29) is 11.6 Å². The SMILES string of the molecule is CC1CCCCC1n1cc(C(=O)O)c(=O)[nH]c1=O. The average Bonchev–Trinajstić information content (AvgIpc) is 2.30. The van der Waals surface area contributed by atoms with E-state index < -0.39 is 17.2 Å². The zero-order valence-corrected chi connectivity index (χ0v) is 10.2. The Kier molecular flexibility index (Phi) is 3.36. The van der Waals surface area contributed by atoms with E-state index in [0.717, 1.165) is 25.7 Å². The van der Waals surface area contributed by atoms with Crippen molar-refractivity contribution in [3.8, 4) is 0 Å². The van der Waals surface area contributed by atoms with Crippen LogP contribution in [0.4, 0.5) is 0 Å². The maximum Gasteiger partial charge on any atom is 0.342 e. The summed E-state index contributed by atoms with van der Waals surface area (Å²) < 4.78 is 1.37. The van der Waals surface area contributed by atoms with Crippen molar-refractivity contribution in [3.63, 3.8) is 0 Å². The molecular formula is C12H16N2O4. The number of hydrogen-bond donors (Lipinski definition) is 2. The molecule has 0 aromatic carbocycles. The van der Waals surface area contributed by atoms with Crippen molar-refractivity contribution < 1.29 is 9.90 Å². The second kappa shape index (κ2) is 4.80. The van der Waals surface area contributed by atoms with Crippen LogP contribution >= 0.6 is 0 Å². The summed E-state index contributed by atoms with van der Waals surface area (Å²) in [6.07, 6.45) is 5.17. The molecule has 6 nitrogen and oxygen atoms in total. The summed E-state index contributed by atoms with van der Waals surface area (Å²) in [5.74, 6) is -1.00. The number of nitrogens with one attached hydrogen (secondary N) is 1. The molecule has 1 saturated carbocycles. The predicted octanol–water partition coefficient (Wildman–Crippen LogP) is 0.986. The van der Waals surface area contributed by atoms with Crippen molar-refractivity contribution in [3.05, 3.63) is 32.6 Å². The van der Waals surface area contributed by atoms with Crippen molar-refractivity contribution in [1.82, 2.24) is 9.55 Å². The van der Waals surface area contributed by atoms with E-state index in [0.29, 0.717) is 5.92 Å². The highest BCUT2D eigenvalue weighted by atomic mass is 16.4. The zero-order chi connectivity index (χ0) is 13.3. The van der Waals surface area contributed by atoms with E-state index in [4.69, 9.17) is 5.11 Å². The van der Waals surface area contributed by atoms with Gasteiger partial charge in [0.2, 0.25) is 0 Å².